The summed E-state index contributed by atoms with van der Waals surface area (Å²) >= 11 is 0. The fourth-order valence-corrected chi connectivity index (χ4v) is 2.48. The standard InChI is InChI=1S/C17H21FN2O/c1-3-16(4-2)20-9-8-15(19-20)12-17(21)11-13-6-5-7-14(18)10-13/h5-10,16H,3-4,11-12H2,1-2H3. The Morgan fingerprint density at radius 3 is 2.67 bits per heavy atom. The van der Waals surface area contributed by atoms with Crippen LogP contribution in [0.15, 0.2) is 36.5 Å². The van der Waals surface area contributed by atoms with E-state index >= 15 is 0 Å². The summed E-state index contributed by atoms with van der Waals surface area (Å²) in [5, 5.41) is 4.47. The highest BCUT2D eigenvalue weighted by Gasteiger charge is 2.11. The number of hydrogen-bond donors (Lipinski definition) is 0. The van der Waals surface area contributed by atoms with Crippen molar-refractivity contribution in [2.75, 3.05) is 0 Å². The van der Waals surface area contributed by atoms with Gasteiger partial charge in [0.1, 0.15) is 11.6 Å². The van der Waals surface area contributed by atoms with Gasteiger partial charge in [-0.2, -0.15) is 5.10 Å². The van der Waals surface area contributed by atoms with Crippen LogP contribution in [-0.2, 0) is 17.6 Å². The van der Waals surface area contributed by atoms with Gasteiger partial charge >= 0.3 is 0 Å². The number of nitrogens with zero attached hydrogens (tertiary/aromatic N) is 2. The summed E-state index contributed by atoms with van der Waals surface area (Å²) in [5.41, 5.74) is 1.49. The Morgan fingerprint density at radius 1 is 1.24 bits per heavy atom. The van der Waals surface area contributed by atoms with Crippen LogP contribution < -0.4 is 0 Å². The molecule has 0 saturated carbocycles. The van der Waals surface area contributed by atoms with Gasteiger partial charge in [-0.3, -0.25) is 9.48 Å². The summed E-state index contributed by atoms with van der Waals surface area (Å²) in [7, 11) is 0. The Labute approximate surface area is 124 Å². The van der Waals surface area contributed by atoms with E-state index in [0.29, 0.717) is 18.0 Å². The van der Waals surface area contributed by atoms with Crippen LogP contribution in [0.1, 0.15) is 44.0 Å². The van der Waals surface area contributed by atoms with Crippen LogP contribution in [0.2, 0.25) is 0 Å². The Balaban J connectivity index is 1.97. The van der Waals surface area contributed by atoms with Crippen LogP contribution in [0.3, 0.4) is 0 Å². The van der Waals surface area contributed by atoms with Crippen molar-refractivity contribution in [3.63, 3.8) is 0 Å². The van der Waals surface area contributed by atoms with E-state index in [4.69, 9.17) is 0 Å². The van der Waals surface area contributed by atoms with Crippen molar-refractivity contribution >= 4 is 5.78 Å². The molecule has 0 aliphatic rings. The minimum Gasteiger partial charge on any atom is -0.299 e. The maximum Gasteiger partial charge on any atom is 0.143 e. The number of halogens is 1. The first kappa shape index (κ1) is 15.4. The normalized spacial score (nSPS) is 11.0. The number of hydrogen-bond acceptors (Lipinski definition) is 2. The van der Waals surface area contributed by atoms with E-state index in [1.807, 2.05) is 16.9 Å². The van der Waals surface area contributed by atoms with Gasteiger partial charge in [0.2, 0.25) is 0 Å². The summed E-state index contributed by atoms with van der Waals surface area (Å²) < 4.78 is 15.0. The topological polar surface area (TPSA) is 34.9 Å². The zero-order chi connectivity index (χ0) is 15.2. The largest absolute Gasteiger partial charge is 0.299 e. The summed E-state index contributed by atoms with van der Waals surface area (Å²) in [6.07, 6.45) is 4.52. The number of ketones is 1. The maximum atomic E-state index is 13.1. The molecule has 0 saturated heterocycles. The van der Waals surface area contributed by atoms with Crippen molar-refractivity contribution in [2.24, 2.45) is 0 Å². The Morgan fingerprint density at radius 2 is 2.00 bits per heavy atom. The van der Waals surface area contributed by atoms with Crippen molar-refractivity contribution in [3.8, 4) is 0 Å². The van der Waals surface area contributed by atoms with Crippen LogP contribution in [0.4, 0.5) is 4.39 Å². The molecular weight excluding hydrogens is 267 g/mol. The number of benzene rings is 1. The number of rotatable bonds is 7. The summed E-state index contributed by atoms with van der Waals surface area (Å²) in [5.74, 6) is -0.256. The predicted octanol–water partition coefficient (Wildman–Crippen LogP) is 3.74. The molecule has 0 amide bonds. The molecule has 1 aromatic carbocycles. The SMILES string of the molecule is CCC(CC)n1ccc(CC(=O)Cc2cccc(F)c2)n1. The Kier molecular flexibility index (Phi) is 5.26. The molecule has 0 N–H and O–H groups in total. The fourth-order valence-electron chi connectivity index (χ4n) is 2.48. The van der Waals surface area contributed by atoms with Gasteiger partial charge in [-0.1, -0.05) is 26.0 Å². The predicted molar refractivity (Wildman–Crippen MR) is 80.7 cm³/mol. The van der Waals surface area contributed by atoms with Gasteiger partial charge < -0.3 is 0 Å². The summed E-state index contributed by atoms with van der Waals surface area (Å²) in [4.78, 5) is 12.0. The van der Waals surface area contributed by atoms with Crippen LogP contribution >= 0.6 is 0 Å². The molecule has 0 aliphatic carbocycles. The van der Waals surface area contributed by atoms with Crippen LogP contribution in [0.5, 0.6) is 0 Å². The van der Waals surface area contributed by atoms with E-state index in [1.165, 1.54) is 12.1 Å². The lowest BCUT2D eigenvalue weighted by Gasteiger charge is -2.12. The van der Waals surface area contributed by atoms with E-state index in [0.717, 1.165) is 18.5 Å². The molecule has 4 heteroatoms. The molecule has 2 aromatic rings. The van der Waals surface area contributed by atoms with Crippen LogP contribution in [-0.4, -0.2) is 15.6 Å². The van der Waals surface area contributed by atoms with Crippen molar-refractivity contribution in [1.82, 2.24) is 9.78 Å². The third kappa shape index (κ3) is 4.25. The molecule has 0 radical (unpaired) electrons. The molecule has 1 heterocycles. The van der Waals surface area contributed by atoms with Crippen molar-refractivity contribution in [2.45, 2.75) is 45.6 Å². The smallest absolute Gasteiger partial charge is 0.143 e. The molecule has 0 spiro atoms. The van der Waals surface area contributed by atoms with E-state index in [2.05, 4.69) is 18.9 Å². The highest BCUT2D eigenvalue weighted by atomic mass is 19.1. The molecule has 0 fully saturated rings. The highest BCUT2D eigenvalue weighted by Crippen LogP contribution is 2.15. The van der Waals surface area contributed by atoms with Gasteiger partial charge in [-0.25, -0.2) is 4.39 Å². The Hall–Kier alpha value is -1.97. The summed E-state index contributed by atoms with van der Waals surface area (Å²) in [6, 6.07) is 8.45. The zero-order valence-corrected chi connectivity index (χ0v) is 12.6. The molecule has 112 valence electrons. The average Bonchev–Trinajstić information content (AvgIpc) is 2.88. The molecule has 1 aromatic heterocycles. The van der Waals surface area contributed by atoms with Crippen LogP contribution in [0, 0.1) is 5.82 Å². The second kappa shape index (κ2) is 7.16. The van der Waals surface area contributed by atoms with Gasteiger partial charge in [-0.15, -0.1) is 0 Å². The fraction of sp³-hybridized carbons (Fsp3) is 0.412. The van der Waals surface area contributed by atoms with Gasteiger partial charge in [0, 0.05) is 12.6 Å². The molecule has 21 heavy (non-hydrogen) atoms. The zero-order valence-electron chi connectivity index (χ0n) is 12.6. The van der Waals surface area contributed by atoms with E-state index in [9.17, 15) is 9.18 Å². The molecular formula is C17H21FN2O. The molecule has 0 aliphatic heterocycles. The van der Waals surface area contributed by atoms with Crippen LogP contribution in [0.25, 0.3) is 0 Å². The first-order chi connectivity index (χ1) is 10.1. The third-order valence-electron chi connectivity index (χ3n) is 3.65. The second-order valence-corrected chi connectivity index (χ2v) is 5.28. The third-order valence-corrected chi connectivity index (χ3v) is 3.65. The first-order valence-electron chi connectivity index (χ1n) is 7.42. The van der Waals surface area contributed by atoms with E-state index in [1.54, 1.807) is 12.1 Å². The minimum atomic E-state index is -0.307. The molecule has 0 atom stereocenters. The number of carbonyl (C=O) groups excluding carboxylic acids is 1. The van der Waals surface area contributed by atoms with Gasteiger partial charge in [0.25, 0.3) is 0 Å². The molecule has 2 rings (SSSR count). The van der Waals surface area contributed by atoms with Crippen molar-refractivity contribution < 1.29 is 9.18 Å². The quantitative estimate of drug-likeness (QED) is 0.778. The first-order valence-corrected chi connectivity index (χ1v) is 7.42. The molecule has 0 unspecified atom stereocenters. The monoisotopic (exact) mass is 288 g/mol. The minimum absolute atomic E-state index is 0.0513. The second-order valence-electron chi connectivity index (χ2n) is 5.28. The van der Waals surface area contributed by atoms with Crippen molar-refractivity contribution in [1.29, 1.82) is 0 Å². The maximum absolute atomic E-state index is 13.1. The molecule has 3 nitrogen and oxygen atoms in total. The van der Waals surface area contributed by atoms with E-state index in [-0.39, 0.29) is 18.0 Å². The average molecular weight is 288 g/mol. The summed E-state index contributed by atoms with van der Waals surface area (Å²) in [6.45, 7) is 4.26. The number of aromatic nitrogens is 2. The lowest BCUT2D eigenvalue weighted by atomic mass is 10.1. The van der Waals surface area contributed by atoms with Gasteiger partial charge in [0.15, 0.2) is 0 Å². The molecule has 0 bridgehead atoms. The number of carbonyl (C=O) groups is 1. The van der Waals surface area contributed by atoms with Gasteiger partial charge in [0.05, 0.1) is 18.2 Å². The lowest BCUT2D eigenvalue weighted by Crippen LogP contribution is -2.10. The lowest BCUT2D eigenvalue weighted by molar-refractivity contribution is -0.117. The Bertz CT molecular complexity index is 602. The highest BCUT2D eigenvalue weighted by molar-refractivity contribution is 5.82. The number of Topliss-reactive ketones (excluding diaryl/α,β-unsaturated/α-hetero) is 1. The van der Waals surface area contributed by atoms with Gasteiger partial charge in [-0.05, 0) is 36.6 Å². The van der Waals surface area contributed by atoms with E-state index < -0.39 is 0 Å². The van der Waals surface area contributed by atoms with Crippen molar-refractivity contribution in [3.05, 3.63) is 53.6 Å².